The number of aromatic nitrogens is 3. The minimum Gasteiger partial charge on any atom is -0.466 e. The first-order chi connectivity index (χ1) is 14.5. The third-order valence-corrected chi connectivity index (χ3v) is 6.25. The zero-order valence-corrected chi connectivity index (χ0v) is 18.1. The van der Waals surface area contributed by atoms with Crippen molar-refractivity contribution in [3.63, 3.8) is 0 Å². The van der Waals surface area contributed by atoms with Crippen LogP contribution in [0.2, 0.25) is 0 Å². The Morgan fingerprint density at radius 2 is 2.00 bits per heavy atom. The summed E-state index contributed by atoms with van der Waals surface area (Å²) in [6, 6.07) is 8.89. The van der Waals surface area contributed by atoms with Crippen molar-refractivity contribution in [3.05, 3.63) is 84.3 Å². The molecule has 0 aliphatic carbocycles. The Hall–Kier alpha value is -3.26. The van der Waals surface area contributed by atoms with Crippen molar-refractivity contribution < 1.29 is 9.53 Å². The molecule has 1 aromatic carbocycles. The molecule has 0 saturated carbocycles. The van der Waals surface area contributed by atoms with Gasteiger partial charge in [-0.15, -0.1) is 0 Å². The van der Waals surface area contributed by atoms with Gasteiger partial charge in [0.1, 0.15) is 0 Å². The summed E-state index contributed by atoms with van der Waals surface area (Å²) in [4.78, 5) is 31.1. The van der Waals surface area contributed by atoms with E-state index in [1.54, 1.807) is 17.7 Å². The average Bonchev–Trinajstić information content (AvgIpc) is 3.26. The quantitative estimate of drug-likeness (QED) is 0.602. The molecule has 7 nitrogen and oxygen atoms in total. The lowest BCUT2D eigenvalue weighted by molar-refractivity contribution is -0.136. The number of allylic oxidation sites excluding steroid dienone is 1. The second kappa shape index (κ2) is 7.87. The lowest BCUT2D eigenvalue weighted by Gasteiger charge is -2.24. The first kappa shape index (κ1) is 20.0. The zero-order chi connectivity index (χ0) is 21.4. The number of rotatable bonds is 4. The molecule has 0 radical (unpaired) electrons. The number of ether oxygens (including phenoxy) is 1. The van der Waals surface area contributed by atoms with Crippen molar-refractivity contribution in [2.24, 2.45) is 4.99 Å². The van der Waals surface area contributed by atoms with Gasteiger partial charge in [0.2, 0.25) is 0 Å². The molecule has 1 aliphatic rings. The van der Waals surface area contributed by atoms with Crippen LogP contribution in [-0.2, 0) is 16.1 Å². The largest absolute Gasteiger partial charge is 0.466 e. The zero-order valence-electron chi connectivity index (χ0n) is 17.2. The molecule has 0 bridgehead atoms. The van der Waals surface area contributed by atoms with Gasteiger partial charge in [0, 0.05) is 17.8 Å². The van der Waals surface area contributed by atoms with Crippen LogP contribution in [0.5, 0.6) is 0 Å². The second-order valence-electron chi connectivity index (χ2n) is 6.99. The molecule has 4 rings (SSSR count). The van der Waals surface area contributed by atoms with Crippen molar-refractivity contribution >= 4 is 23.4 Å². The van der Waals surface area contributed by atoms with Gasteiger partial charge in [-0.25, -0.2) is 9.79 Å². The summed E-state index contributed by atoms with van der Waals surface area (Å²) in [7, 11) is 1.34. The summed E-state index contributed by atoms with van der Waals surface area (Å²) >= 11 is 1.31. The van der Waals surface area contributed by atoms with E-state index in [4.69, 9.17) is 4.74 Å². The van der Waals surface area contributed by atoms with E-state index in [1.165, 1.54) is 18.4 Å². The first-order valence-corrected chi connectivity index (χ1v) is 10.5. The molecule has 8 heteroatoms. The van der Waals surface area contributed by atoms with E-state index in [9.17, 15) is 9.59 Å². The van der Waals surface area contributed by atoms with E-state index in [1.807, 2.05) is 54.9 Å². The highest BCUT2D eigenvalue weighted by atomic mass is 32.1. The molecular weight excluding hydrogens is 400 g/mol. The fourth-order valence-electron chi connectivity index (χ4n) is 3.71. The number of carbonyl (C=O) groups is 1. The molecule has 0 unspecified atom stereocenters. The number of nitrogens with zero attached hydrogens (tertiary/aromatic N) is 4. The fraction of sp³-hybridized carbons (Fsp3) is 0.273. The number of methoxy groups -OCH3 is 1. The van der Waals surface area contributed by atoms with Crippen LogP contribution in [0.4, 0.5) is 0 Å². The molecule has 3 aromatic rings. The minimum atomic E-state index is -0.587. The topological polar surface area (TPSA) is 78.5 Å². The normalized spacial score (nSPS) is 16.4. The third kappa shape index (κ3) is 3.23. The molecule has 1 atom stereocenters. The van der Waals surface area contributed by atoms with Gasteiger partial charge in [0.25, 0.3) is 5.56 Å². The summed E-state index contributed by atoms with van der Waals surface area (Å²) in [5, 5.41) is 4.35. The lowest BCUT2D eigenvalue weighted by atomic mass is 9.96. The number of aryl methyl sites for hydroxylation is 1. The molecule has 0 spiro atoms. The average molecular weight is 423 g/mol. The maximum Gasteiger partial charge on any atom is 0.338 e. The van der Waals surface area contributed by atoms with Crippen LogP contribution >= 0.6 is 11.3 Å². The predicted octanol–water partition coefficient (Wildman–Crippen LogP) is 1.93. The number of carbonyl (C=O) groups excluding carboxylic acids is 1. The molecule has 30 heavy (non-hydrogen) atoms. The van der Waals surface area contributed by atoms with E-state index in [0.717, 1.165) is 23.4 Å². The molecule has 0 saturated heterocycles. The van der Waals surface area contributed by atoms with Gasteiger partial charge in [-0.05, 0) is 32.4 Å². The number of hydrogen-bond donors (Lipinski definition) is 0. The van der Waals surface area contributed by atoms with Crippen molar-refractivity contribution in [2.45, 2.75) is 33.4 Å². The molecule has 2 aromatic heterocycles. The first-order valence-electron chi connectivity index (χ1n) is 9.64. The summed E-state index contributed by atoms with van der Waals surface area (Å²) in [5.41, 5.74) is 3.45. The van der Waals surface area contributed by atoms with Crippen LogP contribution in [0.25, 0.3) is 6.08 Å². The molecule has 154 valence electrons. The Kier molecular flexibility index (Phi) is 5.26. The van der Waals surface area contributed by atoms with Gasteiger partial charge in [-0.2, -0.15) is 5.10 Å². The minimum absolute atomic E-state index is 0.190. The highest BCUT2D eigenvalue weighted by Gasteiger charge is 2.32. The fourth-order valence-corrected chi connectivity index (χ4v) is 4.74. The van der Waals surface area contributed by atoms with Crippen molar-refractivity contribution in [3.8, 4) is 0 Å². The van der Waals surface area contributed by atoms with E-state index in [2.05, 4.69) is 10.1 Å². The monoisotopic (exact) mass is 422 g/mol. The van der Waals surface area contributed by atoms with Crippen molar-refractivity contribution in [2.75, 3.05) is 7.11 Å². The van der Waals surface area contributed by atoms with Crippen molar-refractivity contribution in [1.82, 2.24) is 14.3 Å². The second-order valence-corrected chi connectivity index (χ2v) is 7.99. The molecule has 0 amide bonds. The Bertz CT molecular complexity index is 1330. The van der Waals surface area contributed by atoms with Crippen LogP contribution < -0.4 is 14.9 Å². The summed E-state index contributed by atoms with van der Waals surface area (Å²) < 4.78 is 9.03. The van der Waals surface area contributed by atoms with Crippen LogP contribution in [0.15, 0.2) is 57.6 Å². The summed E-state index contributed by atoms with van der Waals surface area (Å²) in [6.45, 7) is 6.53. The van der Waals surface area contributed by atoms with Crippen LogP contribution in [0.1, 0.15) is 36.7 Å². The molecule has 0 N–H and O–H groups in total. The molecule has 3 heterocycles. The number of esters is 1. The summed E-state index contributed by atoms with van der Waals surface area (Å²) in [6.07, 6.45) is 3.61. The van der Waals surface area contributed by atoms with Crippen LogP contribution in [0.3, 0.4) is 0 Å². The summed E-state index contributed by atoms with van der Waals surface area (Å²) in [5.74, 6) is -0.487. The van der Waals surface area contributed by atoms with Gasteiger partial charge in [0.05, 0.1) is 35.2 Å². The van der Waals surface area contributed by atoms with E-state index < -0.39 is 12.0 Å². The Labute approximate surface area is 177 Å². The van der Waals surface area contributed by atoms with E-state index in [0.29, 0.717) is 20.6 Å². The van der Waals surface area contributed by atoms with Gasteiger partial charge in [-0.1, -0.05) is 41.7 Å². The maximum atomic E-state index is 13.4. The molecular formula is C22H22N4O3S. The van der Waals surface area contributed by atoms with Gasteiger partial charge in [0.15, 0.2) is 4.80 Å². The van der Waals surface area contributed by atoms with Crippen LogP contribution in [0, 0.1) is 6.92 Å². The van der Waals surface area contributed by atoms with Gasteiger partial charge >= 0.3 is 5.97 Å². The third-order valence-electron chi connectivity index (χ3n) is 5.27. The Balaban J connectivity index is 1.97. The standard InChI is InChI=1S/C22H22N4O3S/c1-5-25-14(3)16(12-23-25)11-17-20(27)26-19(15-9-7-6-8-10-15)18(21(28)29-4)13(2)24-22(26)30-17/h6-12,19H,5H2,1-4H3/b17-11+/t19-/m0/s1. The Morgan fingerprint density at radius 3 is 2.63 bits per heavy atom. The number of fused-ring (bicyclic) bond motifs is 1. The smallest absolute Gasteiger partial charge is 0.338 e. The highest BCUT2D eigenvalue weighted by Crippen LogP contribution is 2.30. The maximum absolute atomic E-state index is 13.4. The van der Waals surface area contributed by atoms with Crippen molar-refractivity contribution in [1.29, 1.82) is 0 Å². The van der Waals surface area contributed by atoms with E-state index >= 15 is 0 Å². The van der Waals surface area contributed by atoms with Crippen LogP contribution in [-0.4, -0.2) is 27.4 Å². The number of benzene rings is 1. The SMILES string of the molecule is CCn1ncc(/C=c2/sc3n(c2=O)[C@@H](c2ccccc2)C(C(=O)OC)=C(C)N=3)c1C. The Morgan fingerprint density at radius 1 is 1.27 bits per heavy atom. The number of hydrogen-bond acceptors (Lipinski definition) is 6. The predicted molar refractivity (Wildman–Crippen MR) is 115 cm³/mol. The van der Waals surface area contributed by atoms with E-state index in [-0.39, 0.29) is 5.56 Å². The lowest BCUT2D eigenvalue weighted by Crippen LogP contribution is -2.39. The molecule has 1 aliphatic heterocycles. The highest BCUT2D eigenvalue weighted by molar-refractivity contribution is 7.07. The van der Waals surface area contributed by atoms with Gasteiger partial charge < -0.3 is 4.74 Å². The van der Waals surface area contributed by atoms with Gasteiger partial charge in [-0.3, -0.25) is 14.0 Å². The number of thiazole rings is 1. The molecule has 0 fully saturated rings.